The molecule has 0 heterocycles. The van der Waals surface area contributed by atoms with Crippen molar-refractivity contribution in [2.45, 2.75) is 62.7 Å². The van der Waals surface area contributed by atoms with E-state index in [4.69, 9.17) is 0 Å². The van der Waals surface area contributed by atoms with Crippen molar-refractivity contribution in [1.29, 1.82) is 0 Å². The molecule has 374 valence electrons. The van der Waals surface area contributed by atoms with Gasteiger partial charge in [-0.05, 0) is 181 Å². The smallest absolute Gasteiger partial charge is 0.0727 e. The minimum atomic E-state index is -0.684. The van der Waals surface area contributed by atoms with E-state index in [0.29, 0.717) is 5.92 Å². The molecule has 0 aliphatic heterocycles. The fraction of sp³-hybridized carbons (Fsp3) is 0.132. The standard InChI is InChI=1S/C76H60N2/c1-75(2)67-37-21-18-34-60(67)65-46-58(44-45-68(65)75)77(55-28-12-5-13-29-55)59-47-64(54-42-40-52(41-43-54)51-24-8-3-9-25-51)74-62-36-20-23-39-70(62)76(72(74)48-59)69-38-22-19-35-61(69)66-49-63(53-26-10-4-11-27-53)73(50-71(66)76)78(56-30-14-6-15-31-56)57-32-16-7-17-33-57/h4-7,10-23,26-51H,3,8-9,24-25H2,1-2H3. The second-order valence-corrected chi connectivity index (χ2v) is 22.6. The Hall–Kier alpha value is -8.98. The first-order valence-electron chi connectivity index (χ1n) is 28.2. The van der Waals surface area contributed by atoms with E-state index in [1.165, 1.54) is 127 Å². The van der Waals surface area contributed by atoms with Crippen molar-refractivity contribution in [3.05, 3.63) is 300 Å². The lowest BCUT2D eigenvalue weighted by Gasteiger charge is -2.34. The zero-order valence-electron chi connectivity index (χ0n) is 44.3. The van der Waals surface area contributed by atoms with Crippen LogP contribution in [0.2, 0.25) is 0 Å². The third-order valence-corrected chi connectivity index (χ3v) is 18.0. The molecule has 78 heavy (non-hydrogen) atoms. The molecular formula is C76H60N2. The maximum Gasteiger partial charge on any atom is 0.0727 e. The number of rotatable bonds is 9. The van der Waals surface area contributed by atoms with Crippen LogP contribution in [0.1, 0.15) is 90.8 Å². The first kappa shape index (κ1) is 46.3. The second-order valence-electron chi connectivity index (χ2n) is 22.6. The average molecular weight is 1000 g/mol. The SMILES string of the molecule is CC1(C)c2ccccc2-c2cc(N(c3ccccc3)c3cc(-c4ccc(C5CCCCC5)cc4)c4c(c3)C3(c5ccccc5-c5cc(-c6ccccc6)c(N(c6ccccc6)c6ccccc6)cc53)c3ccccc3-4)ccc21. The molecule has 0 amide bonds. The predicted octanol–water partition coefficient (Wildman–Crippen LogP) is 20.7. The van der Waals surface area contributed by atoms with Crippen LogP contribution in [0.25, 0.3) is 55.6 Å². The molecule has 1 fully saturated rings. The van der Waals surface area contributed by atoms with Gasteiger partial charge in [0.15, 0.2) is 0 Å². The monoisotopic (exact) mass is 1000 g/mol. The van der Waals surface area contributed by atoms with E-state index in [9.17, 15) is 0 Å². The summed E-state index contributed by atoms with van der Waals surface area (Å²) in [6, 6.07) is 98.8. The van der Waals surface area contributed by atoms with Gasteiger partial charge in [-0.2, -0.15) is 0 Å². The van der Waals surface area contributed by atoms with Crippen LogP contribution in [0, 0.1) is 0 Å². The fourth-order valence-electron chi connectivity index (χ4n) is 14.5. The Balaban J connectivity index is 1.05. The van der Waals surface area contributed by atoms with Crippen LogP contribution < -0.4 is 9.80 Å². The van der Waals surface area contributed by atoms with Crippen LogP contribution in [-0.4, -0.2) is 0 Å². The Morgan fingerprint density at radius 2 is 0.795 bits per heavy atom. The van der Waals surface area contributed by atoms with Crippen molar-refractivity contribution in [3.63, 3.8) is 0 Å². The Labute approximate surface area is 459 Å². The first-order valence-corrected chi connectivity index (χ1v) is 28.2. The van der Waals surface area contributed by atoms with Gasteiger partial charge in [0.25, 0.3) is 0 Å². The number of hydrogen-bond acceptors (Lipinski definition) is 2. The van der Waals surface area contributed by atoms with Crippen LogP contribution in [0.4, 0.5) is 34.1 Å². The molecule has 0 N–H and O–H groups in total. The third-order valence-electron chi connectivity index (χ3n) is 18.0. The lowest BCUT2D eigenvalue weighted by molar-refractivity contribution is 0.443. The van der Waals surface area contributed by atoms with Crippen molar-refractivity contribution < 1.29 is 0 Å². The molecular weight excluding hydrogens is 941 g/mol. The molecule has 11 aromatic rings. The third kappa shape index (κ3) is 7.09. The maximum absolute atomic E-state index is 2.58. The largest absolute Gasteiger partial charge is 0.310 e. The van der Waals surface area contributed by atoms with E-state index >= 15 is 0 Å². The van der Waals surface area contributed by atoms with Gasteiger partial charge in [-0.3, -0.25) is 0 Å². The van der Waals surface area contributed by atoms with Crippen LogP contribution in [0.15, 0.2) is 261 Å². The molecule has 0 aromatic heterocycles. The van der Waals surface area contributed by atoms with E-state index in [1.807, 2.05) is 0 Å². The molecule has 1 spiro atoms. The summed E-state index contributed by atoms with van der Waals surface area (Å²) in [4.78, 5) is 5.00. The van der Waals surface area contributed by atoms with Crippen molar-refractivity contribution in [2.24, 2.45) is 0 Å². The molecule has 0 radical (unpaired) electrons. The molecule has 0 saturated heterocycles. The van der Waals surface area contributed by atoms with Crippen LogP contribution >= 0.6 is 0 Å². The van der Waals surface area contributed by atoms with Crippen LogP contribution in [0.5, 0.6) is 0 Å². The van der Waals surface area contributed by atoms with Gasteiger partial charge < -0.3 is 9.80 Å². The van der Waals surface area contributed by atoms with Crippen molar-refractivity contribution in [3.8, 4) is 55.6 Å². The van der Waals surface area contributed by atoms with E-state index in [1.54, 1.807) is 0 Å². The molecule has 2 nitrogen and oxygen atoms in total. The van der Waals surface area contributed by atoms with E-state index in [2.05, 4.69) is 285 Å². The van der Waals surface area contributed by atoms with Gasteiger partial charge in [0.2, 0.25) is 0 Å². The molecule has 1 atom stereocenters. The Kier molecular flexibility index (Phi) is 10.9. The molecule has 2 heteroatoms. The van der Waals surface area contributed by atoms with Gasteiger partial charge in [-0.15, -0.1) is 0 Å². The van der Waals surface area contributed by atoms with Crippen molar-refractivity contribution >= 4 is 34.1 Å². The van der Waals surface area contributed by atoms with E-state index < -0.39 is 5.41 Å². The summed E-state index contributed by atoms with van der Waals surface area (Å²) in [7, 11) is 0. The summed E-state index contributed by atoms with van der Waals surface area (Å²) in [5, 5.41) is 0. The highest BCUT2D eigenvalue weighted by molar-refractivity contribution is 6.04. The quantitative estimate of drug-likeness (QED) is 0.142. The van der Waals surface area contributed by atoms with Crippen molar-refractivity contribution in [2.75, 3.05) is 9.80 Å². The number of para-hydroxylation sites is 3. The molecule has 15 rings (SSSR count). The molecule has 4 aliphatic rings. The molecule has 1 saturated carbocycles. The van der Waals surface area contributed by atoms with Gasteiger partial charge in [0.1, 0.15) is 0 Å². The molecule has 1 unspecified atom stereocenters. The number of benzene rings is 11. The normalized spacial score (nSPS) is 16.2. The van der Waals surface area contributed by atoms with E-state index in [0.717, 1.165) is 34.1 Å². The second kappa shape index (κ2) is 18.4. The van der Waals surface area contributed by atoms with Crippen molar-refractivity contribution in [1.82, 2.24) is 0 Å². The summed E-state index contributed by atoms with van der Waals surface area (Å²) in [6.45, 7) is 4.75. The first-order chi connectivity index (χ1) is 38.5. The Morgan fingerprint density at radius 3 is 1.44 bits per heavy atom. The lowest BCUT2D eigenvalue weighted by Crippen LogP contribution is -2.27. The number of fused-ring (bicyclic) bond motifs is 13. The Bertz CT molecular complexity index is 4040. The van der Waals surface area contributed by atoms with Crippen LogP contribution in [-0.2, 0) is 10.8 Å². The minimum absolute atomic E-state index is 0.107. The highest BCUT2D eigenvalue weighted by Crippen LogP contribution is 2.66. The zero-order valence-corrected chi connectivity index (χ0v) is 44.3. The van der Waals surface area contributed by atoms with Crippen LogP contribution in [0.3, 0.4) is 0 Å². The number of hydrogen-bond donors (Lipinski definition) is 0. The molecule has 4 aliphatic carbocycles. The van der Waals surface area contributed by atoms with Gasteiger partial charge in [0.05, 0.1) is 11.1 Å². The topological polar surface area (TPSA) is 6.48 Å². The predicted molar refractivity (Wildman–Crippen MR) is 326 cm³/mol. The summed E-state index contributed by atoms with van der Waals surface area (Å²) < 4.78 is 0. The van der Waals surface area contributed by atoms with Gasteiger partial charge >= 0.3 is 0 Å². The summed E-state index contributed by atoms with van der Waals surface area (Å²) in [6.07, 6.45) is 6.52. The van der Waals surface area contributed by atoms with Gasteiger partial charge in [-0.1, -0.05) is 221 Å². The molecule has 11 aromatic carbocycles. The highest BCUT2D eigenvalue weighted by atomic mass is 15.1. The summed E-state index contributed by atoms with van der Waals surface area (Å²) in [5.41, 5.74) is 28.0. The Morgan fingerprint density at radius 1 is 0.308 bits per heavy atom. The summed E-state index contributed by atoms with van der Waals surface area (Å²) in [5.74, 6) is 0.616. The maximum atomic E-state index is 2.58. The molecule has 0 bridgehead atoms. The number of nitrogens with zero attached hydrogens (tertiary/aromatic N) is 2. The fourth-order valence-corrected chi connectivity index (χ4v) is 14.5. The highest BCUT2D eigenvalue weighted by Gasteiger charge is 2.53. The number of anilines is 6. The summed E-state index contributed by atoms with van der Waals surface area (Å²) >= 11 is 0. The lowest BCUT2D eigenvalue weighted by atomic mass is 9.70. The zero-order chi connectivity index (χ0) is 52.0. The average Bonchev–Trinajstić information content (AvgIpc) is 2.91. The minimum Gasteiger partial charge on any atom is -0.310 e. The van der Waals surface area contributed by atoms with E-state index in [-0.39, 0.29) is 5.41 Å². The van der Waals surface area contributed by atoms with Gasteiger partial charge in [0, 0.05) is 39.4 Å². The van der Waals surface area contributed by atoms with Gasteiger partial charge in [-0.25, -0.2) is 0 Å².